The average molecular weight is 597 g/mol. The maximum atomic E-state index is 11.6. The number of hydrogen-bond donors (Lipinski definition) is 4. The van der Waals surface area contributed by atoms with Crippen molar-refractivity contribution in [3.05, 3.63) is 11.6 Å². The van der Waals surface area contributed by atoms with E-state index in [0.717, 1.165) is 89.9 Å². The smallest absolute Gasteiger partial charge is 0.334 e. The summed E-state index contributed by atoms with van der Waals surface area (Å²) in [4.78, 5) is 11.6. The zero-order valence-electron chi connectivity index (χ0n) is 26.9. The summed E-state index contributed by atoms with van der Waals surface area (Å²) in [5, 5.41) is 40.9. The van der Waals surface area contributed by atoms with Gasteiger partial charge in [0.2, 0.25) is 0 Å². The Morgan fingerprint density at radius 2 is 1.29 bits per heavy atom. The fourth-order valence-electron chi connectivity index (χ4n) is 6.41. The number of carbonyl (C=O) groups excluding carboxylic acids is 1. The molecule has 0 unspecified atom stereocenters. The zero-order valence-corrected chi connectivity index (χ0v) is 26.9. The Morgan fingerprint density at radius 3 is 1.88 bits per heavy atom. The lowest BCUT2D eigenvalue weighted by Crippen LogP contribution is -2.26. The van der Waals surface area contributed by atoms with Gasteiger partial charge in [0.15, 0.2) is 0 Å². The van der Waals surface area contributed by atoms with Crippen molar-refractivity contribution in [1.29, 1.82) is 0 Å². The Labute approximate surface area is 256 Å². The van der Waals surface area contributed by atoms with E-state index in [0.29, 0.717) is 30.9 Å². The van der Waals surface area contributed by atoms with Crippen LogP contribution in [0.2, 0.25) is 0 Å². The average Bonchev–Trinajstić information content (AvgIpc) is 3.56. The van der Waals surface area contributed by atoms with Crippen molar-refractivity contribution in [3.63, 3.8) is 0 Å². The molecule has 2 aliphatic rings. The Hall–Kier alpha value is -0.990. The van der Waals surface area contributed by atoms with Gasteiger partial charge in [-0.3, -0.25) is 0 Å². The number of cyclic esters (lactones) is 1. The molecule has 0 aliphatic carbocycles. The van der Waals surface area contributed by atoms with Crippen LogP contribution in [0.4, 0.5) is 0 Å². The van der Waals surface area contributed by atoms with E-state index < -0.39 is 18.3 Å². The molecule has 7 atom stereocenters. The van der Waals surface area contributed by atoms with Crippen molar-refractivity contribution >= 4 is 5.97 Å². The lowest BCUT2D eigenvalue weighted by molar-refractivity contribution is -0.139. The van der Waals surface area contributed by atoms with Crippen LogP contribution in [0.5, 0.6) is 0 Å². The van der Waals surface area contributed by atoms with E-state index in [1.807, 2.05) is 13.0 Å². The molecule has 0 amide bonds. The van der Waals surface area contributed by atoms with Gasteiger partial charge in [-0.2, -0.15) is 0 Å². The summed E-state index contributed by atoms with van der Waals surface area (Å²) in [6, 6.07) is 0. The quantitative estimate of drug-likeness (QED) is 0.0624. The number of aliphatic hydroxyl groups excluding tert-OH is 4. The number of ether oxygens (including phenoxy) is 2. The fourth-order valence-corrected chi connectivity index (χ4v) is 6.41. The summed E-state index contributed by atoms with van der Waals surface area (Å²) in [5.41, 5.74) is 0.621. The van der Waals surface area contributed by atoms with Crippen molar-refractivity contribution in [2.45, 2.75) is 204 Å². The molecule has 4 N–H and O–H groups in total. The van der Waals surface area contributed by atoms with Gasteiger partial charge in [0, 0.05) is 12.0 Å². The highest BCUT2D eigenvalue weighted by Gasteiger charge is 2.30. The van der Waals surface area contributed by atoms with Crippen LogP contribution < -0.4 is 0 Å². The van der Waals surface area contributed by atoms with Gasteiger partial charge in [-0.25, -0.2) is 4.79 Å². The van der Waals surface area contributed by atoms with E-state index in [1.54, 1.807) is 0 Å². The Kier molecular flexibility index (Phi) is 19.9. The molecule has 0 saturated carbocycles. The fraction of sp³-hybridized carbons (Fsp3) is 0.914. The lowest BCUT2D eigenvalue weighted by Gasteiger charge is -2.20. The van der Waals surface area contributed by atoms with E-state index in [9.17, 15) is 25.2 Å². The normalized spacial score (nSPS) is 23.5. The van der Waals surface area contributed by atoms with Gasteiger partial charge in [0.25, 0.3) is 0 Å². The second kappa shape index (κ2) is 22.5. The lowest BCUT2D eigenvalue weighted by atomic mass is 9.99. The van der Waals surface area contributed by atoms with Gasteiger partial charge in [0.05, 0.1) is 36.6 Å². The highest BCUT2D eigenvalue weighted by Crippen LogP contribution is 2.28. The minimum Gasteiger partial charge on any atom is -0.455 e. The van der Waals surface area contributed by atoms with E-state index in [2.05, 4.69) is 6.92 Å². The summed E-state index contributed by atoms with van der Waals surface area (Å²) >= 11 is 0. The number of carbonyl (C=O) groups is 1. The second-order valence-electron chi connectivity index (χ2n) is 13.1. The van der Waals surface area contributed by atoms with Crippen molar-refractivity contribution in [1.82, 2.24) is 0 Å². The number of hydrogen-bond acceptors (Lipinski definition) is 7. The van der Waals surface area contributed by atoms with Crippen LogP contribution in [-0.2, 0) is 14.3 Å². The minimum absolute atomic E-state index is 0.0131. The maximum Gasteiger partial charge on any atom is 0.334 e. The molecular formula is C35H64O7. The van der Waals surface area contributed by atoms with Crippen LogP contribution in [0.3, 0.4) is 0 Å². The predicted molar refractivity (Wildman–Crippen MR) is 168 cm³/mol. The SMILES string of the molecule is CCCCC[C@H](O)[C@H](O)CCCCCC[C@H](O)[C@@H]1CC[C@@H](CCCCCCCCCC[C@H](O)CC2=C[C@H](C)OC2=O)O1. The molecule has 0 aromatic rings. The number of rotatable bonds is 26. The molecule has 246 valence electrons. The first-order valence-corrected chi connectivity index (χ1v) is 17.6. The van der Waals surface area contributed by atoms with Crippen LogP contribution in [0.15, 0.2) is 11.6 Å². The summed E-state index contributed by atoms with van der Waals surface area (Å²) in [6.07, 6.45) is 23.0. The third-order valence-electron chi connectivity index (χ3n) is 9.13. The standard InChI is InChI=1S/C35H64O7/c1-3-4-13-20-31(37)32(38)21-16-11-12-17-22-33(39)34-24-23-30(42-34)19-15-10-8-6-5-7-9-14-18-29(36)26-28-25-27(2)41-35(28)40/h25,27,29-34,36-39H,3-24,26H2,1-2H3/t27-,29-,30+,31-,32+,33-,34-/m0/s1. The molecular weight excluding hydrogens is 532 g/mol. The number of esters is 1. The predicted octanol–water partition coefficient (Wildman–Crippen LogP) is 7.06. The van der Waals surface area contributed by atoms with Gasteiger partial charge in [0.1, 0.15) is 6.10 Å². The van der Waals surface area contributed by atoms with Crippen LogP contribution in [0, 0.1) is 0 Å². The molecule has 0 spiro atoms. The molecule has 7 nitrogen and oxygen atoms in total. The first-order valence-electron chi connectivity index (χ1n) is 17.6. The number of aliphatic hydroxyl groups is 4. The molecule has 0 radical (unpaired) electrons. The third kappa shape index (κ3) is 16.2. The molecule has 7 heteroatoms. The van der Waals surface area contributed by atoms with Crippen LogP contribution in [0.25, 0.3) is 0 Å². The second-order valence-corrected chi connectivity index (χ2v) is 13.1. The largest absolute Gasteiger partial charge is 0.455 e. The highest BCUT2D eigenvalue weighted by atomic mass is 16.5. The molecule has 2 aliphatic heterocycles. The highest BCUT2D eigenvalue weighted by molar-refractivity contribution is 5.90. The number of unbranched alkanes of at least 4 members (excludes halogenated alkanes) is 12. The van der Waals surface area contributed by atoms with Crippen molar-refractivity contribution in [2.24, 2.45) is 0 Å². The van der Waals surface area contributed by atoms with Crippen LogP contribution in [-0.4, -0.2) is 69.1 Å². The van der Waals surface area contributed by atoms with Gasteiger partial charge in [-0.1, -0.05) is 103 Å². The van der Waals surface area contributed by atoms with E-state index >= 15 is 0 Å². The molecule has 42 heavy (non-hydrogen) atoms. The Morgan fingerprint density at radius 1 is 0.738 bits per heavy atom. The van der Waals surface area contributed by atoms with Gasteiger partial charge in [-0.05, 0) is 57.9 Å². The Bertz CT molecular complexity index is 726. The molecule has 0 aromatic heterocycles. The maximum absolute atomic E-state index is 11.6. The summed E-state index contributed by atoms with van der Waals surface area (Å²) in [7, 11) is 0. The van der Waals surface area contributed by atoms with Gasteiger partial charge < -0.3 is 29.9 Å². The third-order valence-corrected chi connectivity index (χ3v) is 9.13. The van der Waals surface area contributed by atoms with Crippen molar-refractivity contribution in [3.8, 4) is 0 Å². The zero-order chi connectivity index (χ0) is 30.6. The van der Waals surface area contributed by atoms with E-state index in [4.69, 9.17) is 9.47 Å². The topological polar surface area (TPSA) is 116 Å². The molecule has 2 rings (SSSR count). The minimum atomic E-state index is -0.604. The summed E-state index contributed by atoms with van der Waals surface area (Å²) in [6.45, 7) is 3.98. The van der Waals surface area contributed by atoms with Crippen LogP contribution >= 0.6 is 0 Å². The first kappa shape index (κ1) is 37.2. The molecule has 1 fully saturated rings. The molecule has 0 bridgehead atoms. The van der Waals surface area contributed by atoms with Crippen molar-refractivity contribution < 1.29 is 34.7 Å². The Balaban J connectivity index is 1.36. The van der Waals surface area contributed by atoms with E-state index in [1.165, 1.54) is 38.5 Å². The first-order chi connectivity index (χ1) is 20.3. The molecule has 1 saturated heterocycles. The van der Waals surface area contributed by atoms with Crippen LogP contribution in [0.1, 0.15) is 162 Å². The monoisotopic (exact) mass is 596 g/mol. The summed E-state index contributed by atoms with van der Waals surface area (Å²) in [5.74, 6) is -0.277. The molecule has 2 heterocycles. The van der Waals surface area contributed by atoms with Crippen molar-refractivity contribution in [2.75, 3.05) is 0 Å². The van der Waals surface area contributed by atoms with Gasteiger partial charge >= 0.3 is 5.97 Å². The van der Waals surface area contributed by atoms with Gasteiger partial charge in [-0.15, -0.1) is 0 Å². The van der Waals surface area contributed by atoms with E-state index in [-0.39, 0.29) is 24.3 Å². The summed E-state index contributed by atoms with van der Waals surface area (Å²) < 4.78 is 11.3. The molecule has 0 aromatic carbocycles.